The zero-order chi connectivity index (χ0) is 18.1. The molecule has 0 aliphatic heterocycles. The number of hydrogen-bond acceptors (Lipinski definition) is 5. The summed E-state index contributed by atoms with van der Waals surface area (Å²) in [5.74, 6) is 0.872. The van der Waals surface area contributed by atoms with Crippen LogP contribution in [0, 0.1) is 19.8 Å². The first-order chi connectivity index (χ1) is 11.9. The Morgan fingerprint density at radius 1 is 1.52 bits per heavy atom. The van der Waals surface area contributed by atoms with Gasteiger partial charge in [0.05, 0.1) is 11.1 Å². The van der Waals surface area contributed by atoms with Gasteiger partial charge in [0.2, 0.25) is 5.91 Å². The van der Waals surface area contributed by atoms with Crippen molar-refractivity contribution in [3.63, 3.8) is 0 Å². The summed E-state index contributed by atoms with van der Waals surface area (Å²) in [6.45, 7) is 10.1. The van der Waals surface area contributed by atoms with Gasteiger partial charge in [-0.3, -0.25) is 14.2 Å². The molecule has 134 valence electrons. The minimum atomic E-state index is -0.0546. The molecule has 1 atom stereocenters. The van der Waals surface area contributed by atoms with Gasteiger partial charge in [-0.05, 0) is 45.1 Å². The highest BCUT2D eigenvalue weighted by Gasteiger charge is 2.28. The van der Waals surface area contributed by atoms with E-state index >= 15 is 0 Å². The van der Waals surface area contributed by atoms with Gasteiger partial charge < -0.3 is 5.32 Å². The summed E-state index contributed by atoms with van der Waals surface area (Å²) in [5, 5.41) is 4.29. The molecule has 1 aliphatic rings. The smallest absolute Gasteiger partial charge is 0.263 e. The quantitative estimate of drug-likeness (QED) is 0.457. The third-order valence-electron chi connectivity index (χ3n) is 4.62. The van der Waals surface area contributed by atoms with E-state index in [1.54, 1.807) is 10.6 Å². The van der Waals surface area contributed by atoms with E-state index in [1.807, 2.05) is 13.8 Å². The van der Waals surface area contributed by atoms with Gasteiger partial charge in [0.25, 0.3) is 5.56 Å². The molecule has 0 bridgehead atoms. The minimum Gasteiger partial charge on any atom is -0.353 e. The monoisotopic (exact) mass is 377 g/mol. The number of nitrogens with one attached hydrogen (secondary N) is 1. The van der Waals surface area contributed by atoms with Gasteiger partial charge in [-0.1, -0.05) is 17.8 Å². The van der Waals surface area contributed by atoms with Crippen molar-refractivity contribution in [2.24, 2.45) is 5.92 Å². The average molecular weight is 378 g/mol. The predicted molar refractivity (Wildman–Crippen MR) is 105 cm³/mol. The molecule has 3 rings (SSSR count). The normalized spacial score (nSPS) is 15.3. The van der Waals surface area contributed by atoms with Crippen molar-refractivity contribution in [2.75, 3.05) is 5.75 Å². The number of nitrogens with zero attached hydrogens (tertiary/aromatic N) is 2. The van der Waals surface area contributed by atoms with Gasteiger partial charge in [-0.2, -0.15) is 0 Å². The van der Waals surface area contributed by atoms with E-state index in [-0.39, 0.29) is 23.3 Å². The maximum atomic E-state index is 12.9. The molecular formula is C18H23N3O2S2. The van der Waals surface area contributed by atoms with Crippen molar-refractivity contribution in [2.45, 2.75) is 51.4 Å². The van der Waals surface area contributed by atoms with Gasteiger partial charge in [0.15, 0.2) is 5.16 Å². The van der Waals surface area contributed by atoms with Gasteiger partial charge in [-0.15, -0.1) is 17.9 Å². The largest absolute Gasteiger partial charge is 0.353 e. The van der Waals surface area contributed by atoms with Crippen LogP contribution in [0.15, 0.2) is 22.6 Å². The first-order valence-electron chi connectivity index (χ1n) is 8.46. The Morgan fingerprint density at radius 2 is 2.24 bits per heavy atom. The van der Waals surface area contributed by atoms with E-state index in [2.05, 4.69) is 23.8 Å². The second kappa shape index (κ2) is 7.33. The second-order valence-corrected chi connectivity index (χ2v) is 8.69. The number of amides is 1. The van der Waals surface area contributed by atoms with Crippen molar-refractivity contribution >= 4 is 39.2 Å². The summed E-state index contributed by atoms with van der Waals surface area (Å²) in [7, 11) is 0. The van der Waals surface area contributed by atoms with Crippen molar-refractivity contribution in [1.29, 1.82) is 0 Å². The fraction of sp³-hybridized carbons (Fsp3) is 0.500. The van der Waals surface area contributed by atoms with Crippen LogP contribution in [0.3, 0.4) is 0 Å². The molecule has 1 aliphatic carbocycles. The predicted octanol–water partition coefficient (Wildman–Crippen LogP) is 3.27. The SMILES string of the molecule is C=CCn1c(SCC(=O)NC(C)C2CC2)nc2sc(C)c(C)c2c1=O. The number of carbonyl (C=O) groups excluding carboxylic acids is 1. The Hall–Kier alpha value is -1.60. The topological polar surface area (TPSA) is 64.0 Å². The molecule has 7 heteroatoms. The molecule has 0 radical (unpaired) electrons. The average Bonchev–Trinajstić information content (AvgIpc) is 3.36. The van der Waals surface area contributed by atoms with Crippen LogP contribution in [0.25, 0.3) is 10.2 Å². The Balaban J connectivity index is 1.84. The molecule has 2 aromatic heterocycles. The Bertz CT molecular complexity index is 881. The van der Waals surface area contributed by atoms with Crippen molar-refractivity contribution < 1.29 is 4.79 Å². The molecule has 1 unspecified atom stereocenters. The number of thioether (sulfide) groups is 1. The van der Waals surface area contributed by atoms with Crippen LogP contribution in [0.4, 0.5) is 0 Å². The maximum absolute atomic E-state index is 12.9. The molecule has 1 N–H and O–H groups in total. The molecule has 2 aromatic rings. The number of allylic oxidation sites excluding steroid dienone is 1. The number of rotatable bonds is 7. The standard InChI is InChI=1S/C18H23N3O2S2/c1-5-8-21-17(23)15-10(2)12(4)25-16(15)20-18(21)24-9-14(22)19-11(3)13-6-7-13/h5,11,13H,1,6-9H2,2-4H3,(H,19,22). The van der Waals surface area contributed by atoms with Gasteiger partial charge in [0.1, 0.15) is 4.83 Å². The van der Waals surface area contributed by atoms with Crippen LogP contribution in [-0.4, -0.2) is 27.3 Å². The van der Waals surface area contributed by atoms with Crippen molar-refractivity contribution in [3.8, 4) is 0 Å². The lowest BCUT2D eigenvalue weighted by molar-refractivity contribution is -0.119. The van der Waals surface area contributed by atoms with Crippen molar-refractivity contribution in [1.82, 2.24) is 14.9 Å². The summed E-state index contributed by atoms with van der Waals surface area (Å²) < 4.78 is 1.61. The number of carbonyl (C=O) groups is 1. The molecule has 1 saturated carbocycles. The molecule has 0 spiro atoms. The first-order valence-corrected chi connectivity index (χ1v) is 10.3. The summed E-state index contributed by atoms with van der Waals surface area (Å²) in [6.07, 6.45) is 4.08. The number of thiophene rings is 1. The zero-order valence-electron chi connectivity index (χ0n) is 14.8. The van der Waals surface area contributed by atoms with E-state index < -0.39 is 0 Å². The van der Waals surface area contributed by atoms with Crippen LogP contribution in [0.1, 0.15) is 30.2 Å². The lowest BCUT2D eigenvalue weighted by Crippen LogP contribution is -2.35. The van der Waals surface area contributed by atoms with Crippen LogP contribution >= 0.6 is 23.1 Å². The lowest BCUT2D eigenvalue weighted by atomic mass is 10.2. The van der Waals surface area contributed by atoms with Gasteiger partial charge in [-0.25, -0.2) is 4.98 Å². The van der Waals surface area contributed by atoms with Crippen LogP contribution in [0.2, 0.25) is 0 Å². The second-order valence-electron chi connectivity index (χ2n) is 6.54. The molecular weight excluding hydrogens is 354 g/mol. The minimum absolute atomic E-state index is 0.0116. The third kappa shape index (κ3) is 3.82. The molecule has 0 saturated heterocycles. The van der Waals surface area contributed by atoms with E-state index in [1.165, 1.54) is 35.9 Å². The van der Waals surface area contributed by atoms with Gasteiger partial charge >= 0.3 is 0 Å². The van der Waals surface area contributed by atoms with Crippen molar-refractivity contribution in [3.05, 3.63) is 33.4 Å². The highest BCUT2D eigenvalue weighted by Crippen LogP contribution is 2.32. The summed E-state index contributed by atoms with van der Waals surface area (Å²) >= 11 is 2.84. The Morgan fingerprint density at radius 3 is 2.88 bits per heavy atom. The molecule has 0 aromatic carbocycles. The fourth-order valence-corrected chi connectivity index (χ4v) is 4.74. The molecule has 1 amide bonds. The summed E-state index contributed by atoms with van der Waals surface area (Å²) in [4.78, 5) is 31.5. The molecule has 25 heavy (non-hydrogen) atoms. The Kier molecular flexibility index (Phi) is 5.34. The highest BCUT2D eigenvalue weighted by molar-refractivity contribution is 7.99. The first kappa shape index (κ1) is 18.2. The summed E-state index contributed by atoms with van der Waals surface area (Å²) in [6, 6.07) is 0.224. The highest BCUT2D eigenvalue weighted by atomic mass is 32.2. The molecule has 1 fully saturated rings. The third-order valence-corrected chi connectivity index (χ3v) is 6.69. The molecule has 2 heterocycles. The summed E-state index contributed by atoms with van der Waals surface area (Å²) in [5.41, 5.74) is 0.934. The maximum Gasteiger partial charge on any atom is 0.263 e. The lowest BCUT2D eigenvalue weighted by Gasteiger charge is -2.13. The Labute approximate surface area is 155 Å². The number of fused-ring (bicyclic) bond motifs is 1. The van der Waals surface area contributed by atoms with Crippen LogP contribution in [0.5, 0.6) is 0 Å². The number of aryl methyl sites for hydroxylation is 2. The number of aromatic nitrogens is 2. The van der Waals surface area contributed by atoms with E-state index in [9.17, 15) is 9.59 Å². The van der Waals surface area contributed by atoms with Crippen LogP contribution in [-0.2, 0) is 11.3 Å². The fourth-order valence-electron chi connectivity index (χ4n) is 2.85. The van der Waals surface area contributed by atoms with E-state index in [0.29, 0.717) is 23.0 Å². The van der Waals surface area contributed by atoms with Crippen LogP contribution < -0.4 is 10.9 Å². The number of hydrogen-bond donors (Lipinski definition) is 1. The molecule has 5 nitrogen and oxygen atoms in total. The van der Waals surface area contributed by atoms with Gasteiger partial charge in [0, 0.05) is 17.5 Å². The van der Waals surface area contributed by atoms with E-state index in [4.69, 9.17) is 0 Å². The zero-order valence-corrected chi connectivity index (χ0v) is 16.4. The van der Waals surface area contributed by atoms with E-state index in [0.717, 1.165) is 15.3 Å².